The fourth-order valence-electron chi connectivity index (χ4n) is 2.55. The minimum atomic E-state index is -4.18. The lowest BCUT2D eigenvalue weighted by atomic mass is 10.1. The van der Waals surface area contributed by atoms with Gasteiger partial charge in [0, 0.05) is 5.02 Å². The van der Waals surface area contributed by atoms with Crippen LogP contribution in [-0.4, -0.2) is 19.7 Å². The van der Waals surface area contributed by atoms with E-state index in [2.05, 4.69) is 0 Å². The van der Waals surface area contributed by atoms with Gasteiger partial charge in [0.2, 0.25) is 5.24 Å². The number of carbonyl (C=O) groups is 1. The Morgan fingerprint density at radius 1 is 1.08 bits per heavy atom. The molecule has 25 heavy (non-hydrogen) atoms. The molecular formula is C17H16Cl3NO3S. The molecule has 1 atom stereocenters. The van der Waals surface area contributed by atoms with Crippen molar-refractivity contribution in [2.45, 2.75) is 31.7 Å². The molecule has 0 heterocycles. The number of benzene rings is 2. The normalized spacial score (nSPS) is 12.7. The van der Waals surface area contributed by atoms with E-state index in [1.54, 1.807) is 32.0 Å². The van der Waals surface area contributed by atoms with Crippen LogP contribution in [-0.2, 0) is 14.8 Å². The Hall–Kier alpha value is -1.27. The molecule has 0 spiro atoms. The Labute approximate surface area is 162 Å². The molecule has 0 fully saturated rings. The number of hydrogen-bond acceptors (Lipinski definition) is 3. The molecule has 0 N–H and O–H groups in total. The van der Waals surface area contributed by atoms with E-state index in [4.69, 9.17) is 34.8 Å². The fourth-order valence-corrected chi connectivity index (χ4v) is 5.19. The minimum absolute atomic E-state index is 0.00913. The molecule has 0 saturated heterocycles. The smallest absolute Gasteiger partial charge is 0.266 e. The number of para-hydroxylation sites is 1. The number of rotatable bonds is 5. The van der Waals surface area contributed by atoms with Crippen LogP contribution in [0, 0.1) is 13.8 Å². The van der Waals surface area contributed by atoms with Crippen molar-refractivity contribution >= 4 is 55.8 Å². The monoisotopic (exact) mass is 419 g/mol. The molecule has 8 heteroatoms. The van der Waals surface area contributed by atoms with E-state index in [9.17, 15) is 13.2 Å². The van der Waals surface area contributed by atoms with Crippen LogP contribution in [0.4, 0.5) is 5.69 Å². The van der Waals surface area contributed by atoms with Crippen molar-refractivity contribution in [2.75, 3.05) is 4.31 Å². The van der Waals surface area contributed by atoms with Gasteiger partial charge in [-0.2, -0.15) is 0 Å². The summed E-state index contributed by atoms with van der Waals surface area (Å²) in [6.07, 6.45) is 0. The van der Waals surface area contributed by atoms with Gasteiger partial charge in [-0.25, -0.2) is 8.42 Å². The third kappa shape index (κ3) is 3.95. The van der Waals surface area contributed by atoms with Gasteiger partial charge in [0.15, 0.2) is 0 Å². The van der Waals surface area contributed by atoms with Crippen LogP contribution < -0.4 is 4.31 Å². The SMILES string of the molecule is Cc1cccc(C)c1N(C(C)C(=O)Cl)S(=O)(=O)c1cc(Cl)ccc1Cl. The first kappa shape index (κ1) is 20.0. The molecule has 0 aliphatic carbocycles. The Morgan fingerprint density at radius 3 is 2.16 bits per heavy atom. The third-order valence-electron chi connectivity index (χ3n) is 3.77. The summed E-state index contributed by atoms with van der Waals surface area (Å²) in [6.45, 7) is 4.95. The zero-order valence-electron chi connectivity index (χ0n) is 13.8. The highest BCUT2D eigenvalue weighted by molar-refractivity contribution is 7.93. The Bertz CT molecular complexity index is 908. The van der Waals surface area contributed by atoms with E-state index in [0.29, 0.717) is 16.8 Å². The molecule has 0 saturated carbocycles. The van der Waals surface area contributed by atoms with E-state index >= 15 is 0 Å². The molecule has 2 aromatic carbocycles. The summed E-state index contributed by atoms with van der Waals surface area (Å²) in [4.78, 5) is 11.6. The predicted molar refractivity (Wildman–Crippen MR) is 102 cm³/mol. The summed E-state index contributed by atoms with van der Waals surface area (Å²) < 4.78 is 27.7. The Kier molecular flexibility index (Phi) is 6.05. The number of aryl methyl sites for hydroxylation is 2. The number of hydrogen-bond donors (Lipinski definition) is 0. The van der Waals surface area contributed by atoms with Crippen LogP contribution in [0.15, 0.2) is 41.3 Å². The lowest BCUT2D eigenvalue weighted by Gasteiger charge is -2.31. The zero-order valence-corrected chi connectivity index (χ0v) is 16.8. The summed E-state index contributed by atoms with van der Waals surface area (Å²) in [6, 6.07) is 8.34. The van der Waals surface area contributed by atoms with Crippen molar-refractivity contribution < 1.29 is 13.2 Å². The molecule has 2 rings (SSSR count). The molecule has 0 bridgehead atoms. The average molecular weight is 421 g/mol. The van der Waals surface area contributed by atoms with Gasteiger partial charge >= 0.3 is 0 Å². The summed E-state index contributed by atoms with van der Waals surface area (Å²) in [7, 11) is -4.18. The maximum Gasteiger partial charge on any atom is 0.266 e. The van der Waals surface area contributed by atoms with Crippen LogP contribution in [0.1, 0.15) is 18.1 Å². The molecule has 2 aromatic rings. The largest absolute Gasteiger partial charge is 0.279 e. The van der Waals surface area contributed by atoms with E-state index in [0.717, 1.165) is 4.31 Å². The maximum absolute atomic E-state index is 13.3. The number of nitrogens with zero attached hydrogens (tertiary/aromatic N) is 1. The highest BCUT2D eigenvalue weighted by Gasteiger charge is 2.35. The van der Waals surface area contributed by atoms with Crippen LogP contribution in [0.5, 0.6) is 0 Å². The van der Waals surface area contributed by atoms with Gasteiger partial charge in [-0.15, -0.1) is 0 Å². The fraction of sp³-hybridized carbons (Fsp3) is 0.235. The van der Waals surface area contributed by atoms with Crippen LogP contribution in [0.2, 0.25) is 10.0 Å². The molecular weight excluding hydrogens is 405 g/mol. The first-order valence-electron chi connectivity index (χ1n) is 7.32. The summed E-state index contributed by atoms with van der Waals surface area (Å²) in [5, 5.41) is -0.575. The number of halogens is 3. The van der Waals surface area contributed by atoms with Crippen molar-refractivity contribution in [3.8, 4) is 0 Å². The molecule has 0 aromatic heterocycles. The molecule has 4 nitrogen and oxygen atoms in total. The zero-order chi connectivity index (χ0) is 18.9. The Morgan fingerprint density at radius 2 is 1.64 bits per heavy atom. The van der Waals surface area contributed by atoms with Gasteiger partial charge in [0.05, 0.1) is 10.7 Å². The lowest BCUT2D eigenvalue weighted by molar-refractivity contribution is -0.112. The first-order chi connectivity index (χ1) is 11.6. The lowest BCUT2D eigenvalue weighted by Crippen LogP contribution is -2.43. The van der Waals surface area contributed by atoms with E-state index in [-0.39, 0.29) is 14.9 Å². The second-order valence-electron chi connectivity index (χ2n) is 5.60. The molecule has 0 amide bonds. The molecule has 0 radical (unpaired) electrons. The molecule has 1 unspecified atom stereocenters. The van der Waals surface area contributed by atoms with Gasteiger partial charge in [-0.3, -0.25) is 9.10 Å². The van der Waals surface area contributed by atoms with Crippen LogP contribution >= 0.6 is 34.8 Å². The highest BCUT2D eigenvalue weighted by Crippen LogP contribution is 2.35. The maximum atomic E-state index is 13.3. The van der Waals surface area contributed by atoms with Gasteiger partial charge in [-0.1, -0.05) is 41.4 Å². The molecule has 134 valence electrons. The van der Waals surface area contributed by atoms with Crippen LogP contribution in [0.3, 0.4) is 0 Å². The van der Waals surface area contributed by atoms with E-state index in [1.807, 2.05) is 0 Å². The topological polar surface area (TPSA) is 54.5 Å². The third-order valence-corrected chi connectivity index (χ3v) is 6.67. The number of anilines is 1. The van der Waals surface area contributed by atoms with Crippen molar-refractivity contribution in [3.05, 3.63) is 57.6 Å². The summed E-state index contributed by atoms with van der Waals surface area (Å²) >= 11 is 17.7. The standard InChI is InChI=1S/C17H16Cl3NO3S/c1-10-5-4-6-11(2)16(10)21(12(3)17(20)22)25(23,24)15-9-13(18)7-8-14(15)19/h4-9,12H,1-3H3. The highest BCUT2D eigenvalue weighted by atomic mass is 35.5. The summed E-state index contributed by atoms with van der Waals surface area (Å²) in [5.74, 6) is 0. The van der Waals surface area contributed by atoms with Gasteiger partial charge in [-0.05, 0) is 61.7 Å². The van der Waals surface area contributed by atoms with Gasteiger partial charge in [0.25, 0.3) is 10.0 Å². The van der Waals surface area contributed by atoms with Gasteiger partial charge < -0.3 is 0 Å². The van der Waals surface area contributed by atoms with Crippen molar-refractivity contribution in [1.82, 2.24) is 0 Å². The number of carbonyl (C=O) groups excluding carboxylic acids is 1. The Balaban J connectivity index is 2.80. The molecule has 0 aliphatic heterocycles. The number of sulfonamides is 1. The molecule has 0 aliphatic rings. The minimum Gasteiger partial charge on any atom is -0.279 e. The second kappa shape index (κ2) is 7.54. The van der Waals surface area contributed by atoms with Crippen LogP contribution in [0.25, 0.3) is 0 Å². The van der Waals surface area contributed by atoms with E-state index < -0.39 is 21.3 Å². The average Bonchev–Trinajstić information content (AvgIpc) is 2.52. The van der Waals surface area contributed by atoms with Crippen molar-refractivity contribution in [3.63, 3.8) is 0 Å². The van der Waals surface area contributed by atoms with Crippen molar-refractivity contribution in [1.29, 1.82) is 0 Å². The first-order valence-corrected chi connectivity index (χ1v) is 9.89. The predicted octanol–water partition coefficient (Wildman–Crippen LogP) is 4.96. The van der Waals surface area contributed by atoms with Gasteiger partial charge in [0.1, 0.15) is 10.9 Å². The second-order valence-corrected chi connectivity index (χ2v) is 8.60. The summed E-state index contributed by atoms with van der Waals surface area (Å²) in [5.41, 5.74) is 1.76. The van der Waals surface area contributed by atoms with Crippen molar-refractivity contribution in [2.24, 2.45) is 0 Å². The van der Waals surface area contributed by atoms with E-state index in [1.165, 1.54) is 25.1 Å². The quantitative estimate of drug-likeness (QED) is 0.642.